The van der Waals surface area contributed by atoms with Crippen molar-refractivity contribution in [2.24, 2.45) is 0 Å². The first-order valence-corrected chi connectivity index (χ1v) is 9.99. The van der Waals surface area contributed by atoms with Crippen LogP contribution >= 0.6 is 23.4 Å². The Hall–Kier alpha value is -2.58. The fourth-order valence-electron chi connectivity index (χ4n) is 2.49. The van der Waals surface area contributed by atoms with Crippen molar-refractivity contribution in [3.63, 3.8) is 0 Å². The summed E-state index contributed by atoms with van der Waals surface area (Å²) < 4.78 is 7.23. The second-order valence-corrected chi connectivity index (χ2v) is 7.73. The van der Waals surface area contributed by atoms with Gasteiger partial charge in [-0.15, -0.1) is 5.10 Å². The molecular weight excluding hydrogens is 398 g/mol. The van der Waals surface area contributed by atoms with Gasteiger partial charge in [0.25, 0.3) is 0 Å². The first-order chi connectivity index (χ1) is 13.5. The van der Waals surface area contributed by atoms with E-state index in [9.17, 15) is 4.79 Å². The van der Waals surface area contributed by atoms with Gasteiger partial charge in [-0.05, 0) is 61.0 Å². The van der Waals surface area contributed by atoms with Crippen LogP contribution in [0.3, 0.4) is 0 Å². The number of benzene rings is 2. The van der Waals surface area contributed by atoms with E-state index in [1.165, 1.54) is 11.8 Å². The molecule has 0 aliphatic heterocycles. The number of amides is 1. The van der Waals surface area contributed by atoms with E-state index >= 15 is 0 Å². The van der Waals surface area contributed by atoms with Crippen LogP contribution in [-0.2, 0) is 4.79 Å². The van der Waals surface area contributed by atoms with Crippen LogP contribution in [0.1, 0.15) is 19.4 Å². The number of carbonyl (C=O) groups is 1. The molecule has 2 aromatic carbocycles. The molecule has 0 aliphatic carbocycles. The van der Waals surface area contributed by atoms with Crippen molar-refractivity contribution in [2.45, 2.75) is 31.2 Å². The summed E-state index contributed by atoms with van der Waals surface area (Å²) in [6.07, 6.45) is 0. The van der Waals surface area contributed by atoms with Gasteiger partial charge in [-0.3, -0.25) is 4.79 Å². The first-order valence-electron chi connectivity index (χ1n) is 8.74. The fraction of sp³-hybridized carbons (Fsp3) is 0.263. The summed E-state index contributed by atoms with van der Waals surface area (Å²) in [5.74, 6) is 0.508. The van der Waals surface area contributed by atoms with Crippen LogP contribution in [0.5, 0.6) is 5.75 Å². The number of anilines is 1. The minimum atomic E-state index is -0.428. The first kappa shape index (κ1) is 20.2. The van der Waals surface area contributed by atoms with E-state index in [-0.39, 0.29) is 5.91 Å². The average molecular weight is 418 g/mol. The standard InChI is InChI=1S/C19H20ClN5O2S/c1-4-27-17-8-6-5-7-16(17)25-19(22-23-24-25)28-13(3)18(26)21-15-11-14(20)10-9-12(15)2/h5-11,13H,4H2,1-3H3,(H,21,26). The van der Waals surface area contributed by atoms with Gasteiger partial charge in [0, 0.05) is 10.7 Å². The minimum absolute atomic E-state index is 0.164. The number of nitrogens with zero attached hydrogens (tertiary/aromatic N) is 4. The van der Waals surface area contributed by atoms with Crippen LogP contribution in [-0.4, -0.2) is 38.0 Å². The smallest absolute Gasteiger partial charge is 0.237 e. The number of hydrogen-bond donors (Lipinski definition) is 1. The zero-order chi connectivity index (χ0) is 20.1. The molecule has 0 spiro atoms. The second-order valence-electron chi connectivity index (χ2n) is 5.98. The van der Waals surface area contributed by atoms with E-state index in [1.807, 2.05) is 44.2 Å². The Morgan fingerprint density at radius 1 is 1.32 bits per heavy atom. The van der Waals surface area contributed by atoms with Gasteiger partial charge < -0.3 is 10.1 Å². The number of aryl methyl sites for hydroxylation is 1. The molecule has 9 heteroatoms. The Bertz CT molecular complexity index is 978. The molecule has 3 rings (SSSR count). The van der Waals surface area contributed by atoms with Crippen LogP contribution < -0.4 is 10.1 Å². The van der Waals surface area contributed by atoms with Crippen molar-refractivity contribution in [3.05, 3.63) is 53.1 Å². The third kappa shape index (κ3) is 4.63. The molecule has 1 atom stereocenters. The third-order valence-corrected chi connectivity index (χ3v) is 5.21. The Labute approximate surface area is 172 Å². The number of tetrazole rings is 1. The number of para-hydroxylation sites is 2. The molecule has 7 nitrogen and oxygen atoms in total. The van der Waals surface area contributed by atoms with E-state index in [1.54, 1.807) is 23.7 Å². The monoisotopic (exact) mass is 417 g/mol. The summed E-state index contributed by atoms with van der Waals surface area (Å²) >= 11 is 7.29. The predicted octanol–water partition coefficient (Wildman–Crippen LogP) is 4.14. The Morgan fingerprint density at radius 3 is 2.89 bits per heavy atom. The Balaban J connectivity index is 1.77. The zero-order valence-electron chi connectivity index (χ0n) is 15.7. The van der Waals surface area contributed by atoms with E-state index in [0.717, 1.165) is 11.3 Å². The van der Waals surface area contributed by atoms with Gasteiger partial charge in [-0.2, -0.15) is 4.68 Å². The molecule has 28 heavy (non-hydrogen) atoms. The van der Waals surface area contributed by atoms with Crippen molar-refractivity contribution in [1.29, 1.82) is 0 Å². The summed E-state index contributed by atoms with van der Waals surface area (Å²) in [7, 11) is 0. The number of rotatable bonds is 7. The van der Waals surface area contributed by atoms with E-state index < -0.39 is 5.25 Å². The van der Waals surface area contributed by atoms with Gasteiger partial charge in [0.15, 0.2) is 0 Å². The van der Waals surface area contributed by atoms with Gasteiger partial charge in [0.05, 0.1) is 11.9 Å². The quantitative estimate of drug-likeness (QED) is 0.582. The highest BCUT2D eigenvalue weighted by Gasteiger charge is 2.21. The number of ether oxygens (including phenoxy) is 1. The maximum absolute atomic E-state index is 12.6. The third-order valence-electron chi connectivity index (χ3n) is 3.94. The lowest BCUT2D eigenvalue weighted by Crippen LogP contribution is -2.23. The number of nitrogens with one attached hydrogen (secondary N) is 1. The van der Waals surface area contributed by atoms with Crippen molar-refractivity contribution in [1.82, 2.24) is 20.2 Å². The van der Waals surface area contributed by atoms with Crippen LogP contribution in [0.25, 0.3) is 5.69 Å². The molecule has 1 amide bonds. The lowest BCUT2D eigenvalue weighted by atomic mass is 10.2. The molecule has 0 fully saturated rings. The molecular formula is C19H20ClN5O2S. The molecule has 1 heterocycles. The van der Waals surface area contributed by atoms with Gasteiger partial charge in [0.2, 0.25) is 11.1 Å². The molecule has 1 N–H and O–H groups in total. The number of thioether (sulfide) groups is 1. The van der Waals surface area contributed by atoms with Gasteiger partial charge >= 0.3 is 0 Å². The molecule has 1 unspecified atom stereocenters. The minimum Gasteiger partial charge on any atom is -0.492 e. The van der Waals surface area contributed by atoms with Crippen molar-refractivity contribution in [2.75, 3.05) is 11.9 Å². The Kier molecular flexibility index (Phi) is 6.53. The van der Waals surface area contributed by atoms with Crippen LogP contribution in [0.15, 0.2) is 47.6 Å². The lowest BCUT2D eigenvalue weighted by Gasteiger charge is -2.14. The van der Waals surface area contributed by atoms with Crippen molar-refractivity contribution < 1.29 is 9.53 Å². The number of aromatic nitrogens is 4. The lowest BCUT2D eigenvalue weighted by molar-refractivity contribution is -0.115. The van der Waals surface area contributed by atoms with E-state index in [4.69, 9.17) is 16.3 Å². The molecule has 0 saturated carbocycles. The summed E-state index contributed by atoms with van der Waals surface area (Å²) in [4.78, 5) is 12.6. The highest BCUT2D eigenvalue weighted by atomic mass is 35.5. The molecule has 0 radical (unpaired) electrons. The number of carbonyl (C=O) groups excluding carboxylic acids is 1. The number of halogens is 1. The van der Waals surface area contributed by atoms with Crippen molar-refractivity contribution >= 4 is 35.0 Å². The largest absolute Gasteiger partial charge is 0.492 e. The van der Waals surface area contributed by atoms with Crippen LogP contribution in [0.4, 0.5) is 5.69 Å². The van der Waals surface area contributed by atoms with Gasteiger partial charge in [-0.1, -0.05) is 41.6 Å². The number of hydrogen-bond acceptors (Lipinski definition) is 6. The Morgan fingerprint density at radius 2 is 2.11 bits per heavy atom. The highest BCUT2D eigenvalue weighted by molar-refractivity contribution is 8.00. The maximum Gasteiger partial charge on any atom is 0.237 e. The molecule has 1 aromatic heterocycles. The molecule has 3 aromatic rings. The molecule has 0 aliphatic rings. The summed E-state index contributed by atoms with van der Waals surface area (Å²) in [5.41, 5.74) is 2.34. The summed E-state index contributed by atoms with van der Waals surface area (Å²) in [6.45, 7) is 6.15. The highest BCUT2D eigenvalue weighted by Crippen LogP contribution is 2.29. The van der Waals surface area contributed by atoms with Gasteiger partial charge in [-0.25, -0.2) is 0 Å². The second kappa shape index (κ2) is 9.07. The normalized spacial score (nSPS) is 11.9. The van der Waals surface area contributed by atoms with E-state index in [2.05, 4.69) is 20.8 Å². The maximum atomic E-state index is 12.6. The van der Waals surface area contributed by atoms with Gasteiger partial charge in [0.1, 0.15) is 11.4 Å². The van der Waals surface area contributed by atoms with E-state index in [0.29, 0.717) is 28.2 Å². The molecule has 0 saturated heterocycles. The van der Waals surface area contributed by atoms with Crippen LogP contribution in [0, 0.1) is 6.92 Å². The topological polar surface area (TPSA) is 81.9 Å². The van der Waals surface area contributed by atoms with Crippen LogP contribution in [0.2, 0.25) is 5.02 Å². The predicted molar refractivity (Wildman–Crippen MR) is 110 cm³/mol. The summed E-state index contributed by atoms with van der Waals surface area (Å²) in [6, 6.07) is 12.9. The SMILES string of the molecule is CCOc1ccccc1-n1nnnc1SC(C)C(=O)Nc1cc(Cl)ccc1C. The average Bonchev–Trinajstić information content (AvgIpc) is 3.13. The zero-order valence-corrected chi connectivity index (χ0v) is 17.3. The van der Waals surface area contributed by atoms with Crippen molar-refractivity contribution in [3.8, 4) is 11.4 Å². The molecule has 146 valence electrons. The fourth-order valence-corrected chi connectivity index (χ4v) is 3.46. The summed E-state index contributed by atoms with van der Waals surface area (Å²) in [5, 5.41) is 15.4. The molecule has 0 bridgehead atoms.